The Labute approximate surface area is 177 Å². The van der Waals surface area contributed by atoms with Crippen LogP contribution in [0.4, 0.5) is 5.69 Å². The van der Waals surface area contributed by atoms with E-state index >= 15 is 0 Å². The third-order valence-electron chi connectivity index (χ3n) is 5.54. The zero-order valence-corrected chi connectivity index (χ0v) is 17.5. The lowest BCUT2D eigenvalue weighted by molar-refractivity contribution is -0.126. The van der Waals surface area contributed by atoms with E-state index in [-0.39, 0.29) is 24.2 Å². The molecule has 0 radical (unpaired) electrons. The maximum absolute atomic E-state index is 12.7. The van der Waals surface area contributed by atoms with Crippen molar-refractivity contribution in [1.29, 1.82) is 0 Å². The van der Waals surface area contributed by atoms with Crippen LogP contribution in [0.2, 0.25) is 0 Å². The average Bonchev–Trinajstić information content (AvgIpc) is 3.14. The predicted octanol–water partition coefficient (Wildman–Crippen LogP) is 3.57. The molecule has 1 aliphatic rings. The van der Waals surface area contributed by atoms with Crippen molar-refractivity contribution in [3.05, 3.63) is 77.9 Å². The third kappa shape index (κ3) is 4.36. The third-order valence-corrected chi connectivity index (χ3v) is 5.54. The fourth-order valence-corrected chi connectivity index (χ4v) is 4.02. The largest absolute Gasteiger partial charge is 0.352 e. The number of amides is 2. The molecule has 3 aromatic carbocycles. The lowest BCUT2D eigenvalue weighted by Crippen LogP contribution is -2.32. The molecule has 1 N–H and O–H groups in total. The predicted molar refractivity (Wildman–Crippen MR) is 120 cm³/mol. The topological polar surface area (TPSA) is 52.7 Å². The first kappa shape index (κ1) is 20.1. The maximum atomic E-state index is 12.7. The van der Waals surface area contributed by atoms with Crippen LogP contribution in [0.15, 0.2) is 66.7 Å². The van der Waals surface area contributed by atoms with Crippen LogP contribution in [-0.2, 0) is 22.7 Å². The summed E-state index contributed by atoms with van der Waals surface area (Å²) in [5.74, 6) is -0.396. The van der Waals surface area contributed by atoms with E-state index in [9.17, 15) is 9.59 Å². The number of fused-ring (bicyclic) bond motifs is 1. The molecule has 5 heteroatoms. The second-order valence-electron chi connectivity index (χ2n) is 8.18. The Morgan fingerprint density at radius 2 is 1.70 bits per heavy atom. The smallest absolute Gasteiger partial charge is 0.227 e. The van der Waals surface area contributed by atoms with Gasteiger partial charge in [-0.05, 0) is 36.7 Å². The van der Waals surface area contributed by atoms with Crippen LogP contribution in [-0.4, -0.2) is 37.4 Å². The fourth-order valence-electron chi connectivity index (χ4n) is 4.02. The van der Waals surface area contributed by atoms with Gasteiger partial charge in [-0.25, -0.2) is 0 Å². The Bertz CT molecular complexity index is 1050. The molecule has 1 atom stereocenters. The van der Waals surface area contributed by atoms with Crippen molar-refractivity contribution in [3.63, 3.8) is 0 Å². The van der Waals surface area contributed by atoms with E-state index in [0.29, 0.717) is 13.1 Å². The number of hydrogen-bond donors (Lipinski definition) is 1. The zero-order chi connectivity index (χ0) is 21.1. The first-order valence-corrected chi connectivity index (χ1v) is 10.3. The van der Waals surface area contributed by atoms with Gasteiger partial charge in [0, 0.05) is 31.4 Å². The van der Waals surface area contributed by atoms with Gasteiger partial charge in [0.05, 0.1) is 11.6 Å². The molecule has 0 aromatic heterocycles. The molecule has 1 unspecified atom stereocenters. The number of hydrogen-bond acceptors (Lipinski definition) is 3. The SMILES string of the molecule is CN(C)Cc1ccc(CNC(=O)C2CC(=O)N(c3cccc4ccccc34)C2)cc1. The molecular weight excluding hydrogens is 374 g/mol. The van der Waals surface area contributed by atoms with Gasteiger partial charge in [0.1, 0.15) is 0 Å². The van der Waals surface area contributed by atoms with Gasteiger partial charge in [0.25, 0.3) is 0 Å². The summed E-state index contributed by atoms with van der Waals surface area (Å²) in [5.41, 5.74) is 3.17. The summed E-state index contributed by atoms with van der Waals surface area (Å²) in [7, 11) is 4.08. The second kappa shape index (κ2) is 8.67. The van der Waals surface area contributed by atoms with E-state index in [1.165, 1.54) is 5.56 Å². The van der Waals surface area contributed by atoms with Crippen molar-refractivity contribution >= 4 is 28.3 Å². The van der Waals surface area contributed by atoms with Gasteiger partial charge in [-0.2, -0.15) is 0 Å². The highest BCUT2D eigenvalue weighted by Crippen LogP contribution is 2.31. The highest BCUT2D eigenvalue weighted by molar-refractivity contribution is 6.06. The van der Waals surface area contributed by atoms with Gasteiger partial charge in [0.15, 0.2) is 0 Å². The summed E-state index contributed by atoms with van der Waals surface area (Å²) in [5, 5.41) is 5.13. The van der Waals surface area contributed by atoms with E-state index in [1.807, 2.05) is 68.7 Å². The number of nitrogens with zero attached hydrogens (tertiary/aromatic N) is 2. The number of carbonyl (C=O) groups excluding carboxylic acids is 2. The van der Waals surface area contributed by atoms with E-state index in [4.69, 9.17) is 0 Å². The van der Waals surface area contributed by atoms with Crippen LogP contribution in [0.5, 0.6) is 0 Å². The van der Waals surface area contributed by atoms with E-state index in [2.05, 4.69) is 22.3 Å². The Morgan fingerprint density at radius 1 is 1.00 bits per heavy atom. The molecule has 0 aliphatic carbocycles. The van der Waals surface area contributed by atoms with Crippen molar-refractivity contribution in [1.82, 2.24) is 10.2 Å². The average molecular weight is 402 g/mol. The van der Waals surface area contributed by atoms with Crippen LogP contribution in [0.1, 0.15) is 17.5 Å². The quantitative estimate of drug-likeness (QED) is 0.687. The maximum Gasteiger partial charge on any atom is 0.227 e. The van der Waals surface area contributed by atoms with Gasteiger partial charge in [-0.15, -0.1) is 0 Å². The van der Waals surface area contributed by atoms with Crippen molar-refractivity contribution < 1.29 is 9.59 Å². The van der Waals surface area contributed by atoms with Gasteiger partial charge >= 0.3 is 0 Å². The summed E-state index contributed by atoms with van der Waals surface area (Å²) >= 11 is 0. The number of anilines is 1. The Hall–Kier alpha value is -3.18. The highest BCUT2D eigenvalue weighted by Gasteiger charge is 2.35. The number of nitrogens with one attached hydrogen (secondary N) is 1. The summed E-state index contributed by atoms with van der Waals surface area (Å²) in [6.07, 6.45) is 0.247. The summed E-state index contributed by atoms with van der Waals surface area (Å²) in [4.78, 5) is 29.3. The zero-order valence-electron chi connectivity index (χ0n) is 17.5. The summed E-state index contributed by atoms with van der Waals surface area (Å²) in [6.45, 7) is 1.78. The van der Waals surface area contributed by atoms with Gasteiger partial charge < -0.3 is 15.1 Å². The van der Waals surface area contributed by atoms with Crippen LogP contribution in [0, 0.1) is 5.92 Å². The van der Waals surface area contributed by atoms with Crippen LogP contribution in [0.3, 0.4) is 0 Å². The molecule has 1 heterocycles. The van der Waals surface area contributed by atoms with Gasteiger partial charge in [-0.1, -0.05) is 60.7 Å². The molecule has 154 valence electrons. The standard InChI is InChI=1S/C25H27N3O2/c1-27(2)16-19-12-10-18(11-13-19)15-26-25(30)21-14-24(29)28(17-21)23-9-5-7-20-6-3-4-8-22(20)23/h3-13,21H,14-17H2,1-2H3,(H,26,30). The Morgan fingerprint density at radius 3 is 2.47 bits per heavy atom. The Kier molecular flexibility index (Phi) is 5.81. The molecule has 1 aliphatic heterocycles. The van der Waals surface area contributed by atoms with E-state index in [1.54, 1.807) is 4.90 Å². The summed E-state index contributed by atoms with van der Waals surface area (Å²) < 4.78 is 0. The normalized spacial score (nSPS) is 16.4. The van der Waals surface area contributed by atoms with Crippen LogP contribution in [0.25, 0.3) is 10.8 Å². The minimum Gasteiger partial charge on any atom is -0.352 e. The van der Waals surface area contributed by atoms with Gasteiger partial charge in [-0.3, -0.25) is 9.59 Å². The molecule has 30 heavy (non-hydrogen) atoms. The minimum absolute atomic E-state index is 0.000425. The molecule has 0 spiro atoms. The van der Waals surface area contributed by atoms with E-state index in [0.717, 1.165) is 28.6 Å². The molecule has 0 saturated carbocycles. The van der Waals surface area contributed by atoms with E-state index < -0.39 is 0 Å². The fraction of sp³-hybridized carbons (Fsp3) is 0.280. The lowest BCUT2D eigenvalue weighted by Gasteiger charge is -2.19. The van der Waals surface area contributed by atoms with Crippen molar-refractivity contribution in [2.45, 2.75) is 19.5 Å². The van der Waals surface area contributed by atoms with Crippen molar-refractivity contribution in [2.75, 3.05) is 25.5 Å². The monoisotopic (exact) mass is 401 g/mol. The van der Waals surface area contributed by atoms with Crippen molar-refractivity contribution in [2.24, 2.45) is 5.92 Å². The molecule has 0 bridgehead atoms. The number of rotatable bonds is 6. The number of benzene rings is 3. The second-order valence-corrected chi connectivity index (χ2v) is 8.18. The minimum atomic E-state index is -0.329. The number of carbonyl (C=O) groups is 2. The Balaban J connectivity index is 1.39. The van der Waals surface area contributed by atoms with Gasteiger partial charge in [0.2, 0.25) is 11.8 Å². The first-order valence-electron chi connectivity index (χ1n) is 10.3. The molecule has 1 saturated heterocycles. The van der Waals surface area contributed by atoms with Crippen molar-refractivity contribution in [3.8, 4) is 0 Å². The summed E-state index contributed by atoms with van der Waals surface area (Å²) in [6, 6.07) is 22.2. The van der Waals surface area contributed by atoms with Crippen LogP contribution < -0.4 is 10.2 Å². The molecule has 5 nitrogen and oxygen atoms in total. The molecule has 4 rings (SSSR count). The molecular formula is C25H27N3O2. The molecule has 3 aromatic rings. The molecule has 1 fully saturated rings. The van der Waals surface area contributed by atoms with Crippen LogP contribution >= 0.6 is 0 Å². The lowest BCUT2D eigenvalue weighted by atomic mass is 10.1. The highest BCUT2D eigenvalue weighted by atomic mass is 16.2. The molecule has 2 amide bonds. The first-order chi connectivity index (χ1) is 14.5.